The summed E-state index contributed by atoms with van der Waals surface area (Å²) in [5.41, 5.74) is 0. The highest BCUT2D eigenvalue weighted by Gasteiger charge is 2.19. The van der Waals surface area contributed by atoms with Crippen molar-refractivity contribution in [3.63, 3.8) is 0 Å². The number of esters is 3. The molecule has 0 aliphatic carbocycles. The van der Waals surface area contributed by atoms with E-state index in [1.54, 1.807) is 0 Å². The van der Waals surface area contributed by atoms with Crippen LogP contribution in [0.1, 0.15) is 323 Å². The maximum Gasteiger partial charge on any atom is 0.306 e. The largest absolute Gasteiger partial charge is 0.462 e. The molecule has 0 aliphatic heterocycles. The van der Waals surface area contributed by atoms with Gasteiger partial charge in [0.15, 0.2) is 6.10 Å². The zero-order chi connectivity index (χ0) is 47.9. The summed E-state index contributed by atoms with van der Waals surface area (Å²) in [6.07, 6.45) is 64.7. The minimum absolute atomic E-state index is 0.0695. The first-order chi connectivity index (χ1) is 32.5. The van der Waals surface area contributed by atoms with Crippen molar-refractivity contribution in [2.45, 2.75) is 329 Å². The molecule has 388 valence electrons. The Morgan fingerprint density at radius 1 is 0.288 bits per heavy atom. The van der Waals surface area contributed by atoms with Crippen LogP contribution in [0.5, 0.6) is 0 Å². The van der Waals surface area contributed by atoms with E-state index < -0.39 is 6.10 Å². The van der Waals surface area contributed by atoms with Gasteiger partial charge in [-0.1, -0.05) is 263 Å². The molecule has 0 radical (unpaired) electrons. The molecule has 66 heavy (non-hydrogen) atoms. The van der Waals surface area contributed by atoms with Crippen LogP contribution in [0, 0.1) is 0 Å². The molecule has 0 amide bonds. The van der Waals surface area contributed by atoms with Crippen molar-refractivity contribution in [3.05, 3.63) is 24.3 Å². The van der Waals surface area contributed by atoms with Crippen molar-refractivity contribution in [1.29, 1.82) is 0 Å². The number of carbonyl (C=O) groups excluding carboxylic acids is 3. The lowest BCUT2D eigenvalue weighted by Crippen LogP contribution is -2.30. The zero-order valence-corrected chi connectivity index (χ0v) is 44.5. The third kappa shape index (κ3) is 52.9. The van der Waals surface area contributed by atoms with Crippen molar-refractivity contribution in [2.24, 2.45) is 0 Å². The van der Waals surface area contributed by atoms with E-state index in [9.17, 15) is 14.4 Å². The molecule has 0 bridgehead atoms. The minimum atomic E-state index is -0.769. The fourth-order valence-electron chi connectivity index (χ4n) is 8.74. The lowest BCUT2D eigenvalue weighted by molar-refractivity contribution is -0.167. The normalized spacial score (nSPS) is 12.1. The third-order valence-corrected chi connectivity index (χ3v) is 13.2. The predicted octanol–water partition coefficient (Wildman–Crippen LogP) is 19.5. The first-order valence-electron chi connectivity index (χ1n) is 29.3. The van der Waals surface area contributed by atoms with Gasteiger partial charge in [0, 0.05) is 19.3 Å². The molecule has 0 rings (SSSR count). The van der Waals surface area contributed by atoms with Crippen molar-refractivity contribution in [1.82, 2.24) is 0 Å². The first kappa shape index (κ1) is 63.9. The van der Waals surface area contributed by atoms with Crippen LogP contribution < -0.4 is 0 Å². The van der Waals surface area contributed by atoms with Crippen LogP contribution >= 0.6 is 0 Å². The zero-order valence-electron chi connectivity index (χ0n) is 44.5. The Morgan fingerprint density at radius 3 is 0.818 bits per heavy atom. The fraction of sp³-hybridized carbons (Fsp3) is 0.883. The Bertz CT molecular complexity index is 1070. The smallest absolute Gasteiger partial charge is 0.306 e. The fourth-order valence-corrected chi connectivity index (χ4v) is 8.74. The number of carbonyl (C=O) groups is 3. The summed E-state index contributed by atoms with van der Waals surface area (Å²) in [6.45, 7) is 6.61. The summed E-state index contributed by atoms with van der Waals surface area (Å²) in [6, 6.07) is 0. The van der Waals surface area contributed by atoms with Gasteiger partial charge in [-0.2, -0.15) is 0 Å². The van der Waals surface area contributed by atoms with Gasteiger partial charge in [0.1, 0.15) is 13.2 Å². The number of rotatable bonds is 54. The molecule has 0 heterocycles. The average Bonchev–Trinajstić information content (AvgIpc) is 3.31. The van der Waals surface area contributed by atoms with Crippen LogP contribution in [0.15, 0.2) is 24.3 Å². The topological polar surface area (TPSA) is 78.9 Å². The molecule has 6 heteroatoms. The summed E-state index contributed by atoms with van der Waals surface area (Å²) in [5, 5.41) is 0. The van der Waals surface area contributed by atoms with Gasteiger partial charge < -0.3 is 14.2 Å². The Balaban J connectivity index is 4.14. The molecule has 0 saturated heterocycles. The van der Waals surface area contributed by atoms with Crippen molar-refractivity contribution < 1.29 is 28.6 Å². The second kappa shape index (κ2) is 55.5. The van der Waals surface area contributed by atoms with Crippen LogP contribution in [0.4, 0.5) is 0 Å². The minimum Gasteiger partial charge on any atom is -0.462 e. The molecule has 0 N–H and O–H groups in total. The van der Waals surface area contributed by atoms with E-state index in [2.05, 4.69) is 45.1 Å². The molecule has 6 nitrogen and oxygen atoms in total. The number of hydrogen-bond acceptors (Lipinski definition) is 6. The second-order valence-electron chi connectivity index (χ2n) is 19.9. The van der Waals surface area contributed by atoms with Crippen molar-refractivity contribution >= 4 is 17.9 Å². The molecular formula is C60H112O6. The van der Waals surface area contributed by atoms with Gasteiger partial charge >= 0.3 is 17.9 Å². The molecule has 0 aromatic carbocycles. The molecule has 1 unspecified atom stereocenters. The maximum absolute atomic E-state index is 12.8. The number of allylic oxidation sites excluding steroid dienone is 4. The summed E-state index contributed by atoms with van der Waals surface area (Å²) >= 11 is 0. The van der Waals surface area contributed by atoms with Crippen molar-refractivity contribution in [2.75, 3.05) is 13.2 Å². The number of ether oxygens (including phenoxy) is 3. The molecule has 0 aromatic heterocycles. The van der Waals surface area contributed by atoms with Gasteiger partial charge in [-0.25, -0.2) is 0 Å². The van der Waals surface area contributed by atoms with Gasteiger partial charge in [0.05, 0.1) is 0 Å². The van der Waals surface area contributed by atoms with Crippen LogP contribution in [-0.2, 0) is 28.6 Å². The van der Waals surface area contributed by atoms with Crippen LogP contribution in [0.25, 0.3) is 0 Å². The quantitative estimate of drug-likeness (QED) is 0.0262. The molecule has 0 fully saturated rings. The molecule has 0 aliphatic rings. The molecular weight excluding hydrogens is 817 g/mol. The third-order valence-electron chi connectivity index (χ3n) is 13.2. The molecule has 0 aromatic rings. The average molecular weight is 930 g/mol. The summed E-state index contributed by atoms with van der Waals surface area (Å²) in [5.74, 6) is -0.863. The summed E-state index contributed by atoms with van der Waals surface area (Å²) in [7, 11) is 0. The van der Waals surface area contributed by atoms with E-state index >= 15 is 0 Å². The maximum atomic E-state index is 12.8. The highest BCUT2D eigenvalue weighted by molar-refractivity contribution is 5.71. The van der Waals surface area contributed by atoms with E-state index in [0.717, 1.165) is 70.6 Å². The number of unbranched alkanes of at least 4 members (excludes halogenated alkanes) is 39. The van der Waals surface area contributed by atoms with E-state index in [-0.39, 0.29) is 31.1 Å². The van der Waals surface area contributed by atoms with Crippen molar-refractivity contribution in [3.8, 4) is 0 Å². The standard InChI is InChI=1S/C60H112O6/c1-4-7-10-13-16-19-22-24-25-26-27-28-29-30-31-32-33-34-35-37-38-41-44-47-50-53-59(62)65-56-57(55-64-58(61)52-49-46-43-40-21-18-15-12-9-6-3)66-60(63)54-51-48-45-42-39-36-23-20-17-14-11-8-5-2/h12,15,26-27,57H,4-11,13-14,16-25,28-56H2,1-3H3/b15-12-,27-26-. The number of hydrogen-bond donors (Lipinski definition) is 0. The van der Waals surface area contributed by atoms with E-state index in [0.29, 0.717) is 19.3 Å². The summed E-state index contributed by atoms with van der Waals surface area (Å²) in [4.78, 5) is 38.0. The Hall–Kier alpha value is -2.11. The summed E-state index contributed by atoms with van der Waals surface area (Å²) < 4.78 is 16.8. The van der Waals surface area contributed by atoms with Gasteiger partial charge in [-0.05, 0) is 64.2 Å². The monoisotopic (exact) mass is 929 g/mol. The van der Waals surface area contributed by atoms with Crippen LogP contribution in [0.2, 0.25) is 0 Å². The molecule has 0 spiro atoms. The Labute approximate surface area is 411 Å². The highest BCUT2D eigenvalue weighted by Crippen LogP contribution is 2.17. The Morgan fingerprint density at radius 2 is 0.530 bits per heavy atom. The molecule has 0 saturated carbocycles. The van der Waals surface area contributed by atoms with E-state index in [1.165, 1.54) is 212 Å². The highest BCUT2D eigenvalue weighted by atomic mass is 16.6. The lowest BCUT2D eigenvalue weighted by atomic mass is 10.0. The van der Waals surface area contributed by atoms with Gasteiger partial charge in [-0.3, -0.25) is 14.4 Å². The van der Waals surface area contributed by atoms with E-state index in [4.69, 9.17) is 14.2 Å². The van der Waals surface area contributed by atoms with Crippen LogP contribution in [-0.4, -0.2) is 37.2 Å². The first-order valence-corrected chi connectivity index (χ1v) is 29.3. The van der Waals surface area contributed by atoms with E-state index in [1.807, 2.05) is 0 Å². The Kier molecular flexibility index (Phi) is 53.7. The predicted molar refractivity (Wildman–Crippen MR) is 284 cm³/mol. The van der Waals surface area contributed by atoms with Gasteiger partial charge in [0.2, 0.25) is 0 Å². The molecule has 1 atom stereocenters. The van der Waals surface area contributed by atoms with Gasteiger partial charge in [-0.15, -0.1) is 0 Å². The second-order valence-corrected chi connectivity index (χ2v) is 19.9. The SMILES string of the molecule is CCC/C=C\CCCCCCCC(=O)OCC(COC(=O)CCCCCCCCCCCCCCC/C=C\CCCCCCCCCC)OC(=O)CCCCCCCCCCCCCCC. The van der Waals surface area contributed by atoms with Gasteiger partial charge in [0.25, 0.3) is 0 Å². The lowest BCUT2D eigenvalue weighted by Gasteiger charge is -2.18. The van der Waals surface area contributed by atoms with Crippen LogP contribution in [0.3, 0.4) is 0 Å².